The number of H-pyrrole nitrogens is 1. The number of hydrogen-bond acceptors (Lipinski definition) is 3. The molecule has 2 heterocycles. The summed E-state index contributed by atoms with van der Waals surface area (Å²) in [6, 6.07) is 15.6. The maximum absolute atomic E-state index is 13.9. The highest BCUT2D eigenvalue weighted by Gasteiger charge is 2.46. The van der Waals surface area contributed by atoms with E-state index < -0.39 is 5.54 Å². The van der Waals surface area contributed by atoms with Crippen molar-refractivity contribution in [2.45, 2.75) is 55.6 Å². The van der Waals surface area contributed by atoms with Crippen molar-refractivity contribution in [3.8, 4) is 0 Å². The number of carbonyl (C=O) groups is 2. The zero-order valence-electron chi connectivity index (χ0n) is 18.0. The molecule has 1 unspecified atom stereocenters. The second kappa shape index (κ2) is 8.49. The largest absolute Gasteiger partial charge is 0.351 e. The van der Waals surface area contributed by atoms with Gasteiger partial charge in [-0.05, 0) is 43.5 Å². The molecule has 5 rings (SSSR count). The van der Waals surface area contributed by atoms with E-state index in [0.717, 1.165) is 47.0 Å². The van der Waals surface area contributed by atoms with Crippen molar-refractivity contribution in [2.24, 2.45) is 0 Å². The van der Waals surface area contributed by atoms with E-state index in [2.05, 4.69) is 10.3 Å². The van der Waals surface area contributed by atoms with Crippen LogP contribution in [0.4, 0.5) is 0 Å². The first-order chi connectivity index (χ1) is 15.5. The summed E-state index contributed by atoms with van der Waals surface area (Å²) in [7, 11) is 0. The Morgan fingerprint density at radius 1 is 1.19 bits per heavy atom. The molecule has 2 amide bonds. The minimum atomic E-state index is -0.981. The van der Waals surface area contributed by atoms with Gasteiger partial charge in [0.15, 0.2) is 0 Å². The van der Waals surface area contributed by atoms with E-state index in [1.165, 1.54) is 0 Å². The third kappa shape index (κ3) is 3.80. The minimum absolute atomic E-state index is 0.0753. The summed E-state index contributed by atoms with van der Waals surface area (Å²) in [5.74, 6) is 0.258. The number of para-hydroxylation sites is 1. The Bertz CT molecular complexity index is 1170. The number of aromatic nitrogens is 1. The number of halogens is 1. The Morgan fingerprint density at radius 2 is 1.91 bits per heavy atom. The fraction of sp³-hybridized carbons (Fsp3) is 0.360. The van der Waals surface area contributed by atoms with Gasteiger partial charge in [0.25, 0.3) is 5.91 Å². The number of hydrogen-bond donors (Lipinski definition) is 2. The molecule has 1 aliphatic carbocycles. The highest BCUT2D eigenvalue weighted by molar-refractivity contribution is 7.99. The topological polar surface area (TPSA) is 65.2 Å². The summed E-state index contributed by atoms with van der Waals surface area (Å²) < 4.78 is 0. The predicted octanol–water partition coefficient (Wildman–Crippen LogP) is 5.39. The van der Waals surface area contributed by atoms with E-state index in [0.29, 0.717) is 23.0 Å². The van der Waals surface area contributed by atoms with Crippen LogP contribution in [0.15, 0.2) is 53.4 Å². The molecule has 0 bridgehead atoms. The lowest BCUT2D eigenvalue weighted by Crippen LogP contribution is -2.60. The summed E-state index contributed by atoms with van der Waals surface area (Å²) >= 11 is 7.65. The van der Waals surface area contributed by atoms with Gasteiger partial charge in [0.2, 0.25) is 5.91 Å². The highest BCUT2D eigenvalue weighted by atomic mass is 35.5. The van der Waals surface area contributed by atoms with Crippen LogP contribution in [-0.4, -0.2) is 39.0 Å². The Kier molecular flexibility index (Phi) is 5.68. The van der Waals surface area contributed by atoms with Crippen LogP contribution < -0.4 is 5.32 Å². The Hall–Kier alpha value is -2.44. The molecule has 2 N–H and O–H groups in total. The molecule has 166 valence electrons. The fourth-order valence-electron chi connectivity index (χ4n) is 4.68. The molecule has 1 saturated carbocycles. The van der Waals surface area contributed by atoms with Crippen molar-refractivity contribution < 1.29 is 9.59 Å². The van der Waals surface area contributed by atoms with E-state index in [-0.39, 0.29) is 17.9 Å². The maximum atomic E-state index is 13.9. The summed E-state index contributed by atoms with van der Waals surface area (Å²) in [5, 5.41) is 4.91. The zero-order valence-corrected chi connectivity index (χ0v) is 19.6. The summed E-state index contributed by atoms with van der Waals surface area (Å²) in [4.78, 5) is 33.5. The molecule has 5 nitrogen and oxygen atoms in total. The fourth-order valence-corrected chi connectivity index (χ4v) is 6.14. The number of aromatic amines is 1. The van der Waals surface area contributed by atoms with Gasteiger partial charge in [0.05, 0.1) is 0 Å². The SMILES string of the molecule is CC1(C(=O)NC2CCCC2)CSc2c([nH]c3ccccc23)C(=O)N1Cc1ccc(Cl)cc1. The summed E-state index contributed by atoms with van der Waals surface area (Å²) in [6.07, 6.45) is 4.29. The monoisotopic (exact) mass is 467 g/mol. The first-order valence-electron chi connectivity index (χ1n) is 11.1. The molecular weight excluding hydrogens is 442 g/mol. The highest BCUT2D eigenvalue weighted by Crippen LogP contribution is 2.40. The number of amides is 2. The quantitative estimate of drug-likeness (QED) is 0.540. The number of fused-ring (bicyclic) bond motifs is 3. The van der Waals surface area contributed by atoms with Crippen LogP contribution in [0.2, 0.25) is 5.02 Å². The van der Waals surface area contributed by atoms with E-state index in [1.54, 1.807) is 16.7 Å². The predicted molar refractivity (Wildman–Crippen MR) is 129 cm³/mol. The molecule has 1 aromatic heterocycles. The van der Waals surface area contributed by atoms with Crippen LogP contribution in [0, 0.1) is 0 Å². The van der Waals surface area contributed by atoms with Crippen LogP contribution in [-0.2, 0) is 11.3 Å². The molecule has 1 atom stereocenters. The van der Waals surface area contributed by atoms with Gasteiger partial charge in [-0.25, -0.2) is 0 Å². The van der Waals surface area contributed by atoms with Gasteiger partial charge in [-0.15, -0.1) is 11.8 Å². The Balaban J connectivity index is 1.55. The van der Waals surface area contributed by atoms with Crippen LogP contribution in [0.3, 0.4) is 0 Å². The number of nitrogens with zero attached hydrogens (tertiary/aromatic N) is 1. The minimum Gasteiger partial charge on any atom is -0.351 e. The smallest absolute Gasteiger partial charge is 0.272 e. The van der Waals surface area contributed by atoms with Gasteiger partial charge in [0, 0.05) is 39.2 Å². The van der Waals surface area contributed by atoms with Crippen molar-refractivity contribution in [1.82, 2.24) is 15.2 Å². The molecule has 32 heavy (non-hydrogen) atoms. The van der Waals surface area contributed by atoms with Crippen molar-refractivity contribution in [2.75, 3.05) is 5.75 Å². The first kappa shape index (κ1) is 21.4. The lowest BCUT2D eigenvalue weighted by atomic mass is 9.98. The van der Waals surface area contributed by atoms with Gasteiger partial charge in [-0.1, -0.05) is 54.8 Å². The normalized spacial score (nSPS) is 21.6. The van der Waals surface area contributed by atoms with Crippen molar-refractivity contribution in [1.29, 1.82) is 0 Å². The van der Waals surface area contributed by atoms with Crippen molar-refractivity contribution in [3.63, 3.8) is 0 Å². The lowest BCUT2D eigenvalue weighted by Gasteiger charge is -2.39. The molecule has 0 spiro atoms. The molecular formula is C25H26ClN3O2S. The first-order valence-corrected chi connectivity index (χ1v) is 12.4. The van der Waals surface area contributed by atoms with E-state index in [4.69, 9.17) is 11.6 Å². The Morgan fingerprint density at radius 3 is 2.66 bits per heavy atom. The van der Waals surface area contributed by atoms with Crippen LogP contribution in [0.1, 0.15) is 48.7 Å². The zero-order chi connectivity index (χ0) is 22.3. The number of rotatable bonds is 4. The molecule has 2 aliphatic rings. The van der Waals surface area contributed by atoms with E-state index in [1.807, 2.05) is 55.5 Å². The van der Waals surface area contributed by atoms with Crippen LogP contribution in [0.5, 0.6) is 0 Å². The van der Waals surface area contributed by atoms with E-state index >= 15 is 0 Å². The number of thioether (sulfide) groups is 1. The molecule has 3 aromatic rings. The molecule has 0 saturated heterocycles. The van der Waals surface area contributed by atoms with Crippen LogP contribution >= 0.6 is 23.4 Å². The average Bonchev–Trinajstić information content (AvgIpc) is 3.42. The van der Waals surface area contributed by atoms with Crippen molar-refractivity contribution >= 4 is 46.1 Å². The van der Waals surface area contributed by atoms with Gasteiger partial charge >= 0.3 is 0 Å². The third-order valence-electron chi connectivity index (χ3n) is 6.64. The molecule has 7 heteroatoms. The summed E-state index contributed by atoms with van der Waals surface area (Å²) in [6.45, 7) is 2.23. The average molecular weight is 468 g/mol. The second-order valence-electron chi connectivity index (χ2n) is 8.91. The van der Waals surface area contributed by atoms with Crippen molar-refractivity contribution in [3.05, 3.63) is 64.8 Å². The second-order valence-corrected chi connectivity index (χ2v) is 10.3. The van der Waals surface area contributed by atoms with Gasteiger partial charge in [-0.2, -0.15) is 0 Å². The maximum Gasteiger partial charge on any atom is 0.272 e. The van der Waals surface area contributed by atoms with E-state index in [9.17, 15) is 9.59 Å². The number of nitrogens with one attached hydrogen (secondary N) is 2. The standard InChI is InChI=1S/C25H26ClN3O2S/c1-25(24(31)27-18-6-2-3-7-18)15-32-22-19-8-4-5-9-20(19)28-21(22)23(30)29(25)14-16-10-12-17(26)13-11-16/h4-5,8-13,18,28H,2-3,6-7,14-15H2,1H3,(H,27,31). The summed E-state index contributed by atoms with van der Waals surface area (Å²) in [5.41, 5.74) is 1.45. The van der Waals surface area contributed by atoms with Gasteiger partial charge in [-0.3, -0.25) is 9.59 Å². The number of carbonyl (C=O) groups excluding carboxylic acids is 2. The molecule has 1 aliphatic heterocycles. The molecule has 1 fully saturated rings. The molecule has 2 aromatic carbocycles. The van der Waals surface area contributed by atoms with Gasteiger partial charge < -0.3 is 15.2 Å². The number of benzene rings is 2. The van der Waals surface area contributed by atoms with Crippen LogP contribution in [0.25, 0.3) is 10.9 Å². The lowest BCUT2D eigenvalue weighted by molar-refractivity contribution is -0.131. The molecule has 0 radical (unpaired) electrons. The third-order valence-corrected chi connectivity index (χ3v) is 8.32. The van der Waals surface area contributed by atoms with Gasteiger partial charge in [0.1, 0.15) is 11.2 Å². The Labute approximate surface area is 196 Å².